The molecule has 7 nitrogen and oxygen atoms in total. The molecule has 1 amide bonds. The van der Waals surface area contributed by atoms with Gasteiger partial charge >= 0.3 is 0 Å². The summed E-state index contributed by atoms with van der Waals surface area (Å²) in [6.45, 7) is 7.04. The quantitative estimate of drug-likeness (QED) is 0.417. The molecule has 1 saturated heterocycles. The van der Waals surface area contributed by atoms with Crippen molar-refractivity contribution in [3.8, 4) is 17.2 Å². The minimum Gasteiger partial charge on any atom is -0.507 e. The van der Waals surface area contributed by atoms with Crippen molar-refractivity contribution in [3.05, 3.63) is 59.2 Å². The van der Waals surface area contributed by atoms with Crippen LogP contribution in [0.2, 0.25) is 0 Å². The fourth-order valence-electron chi connectivity index (χ4n) is 4.07. The third kappa shape index (κ3) is 4.02. The third-order valence-electron chi connectivity index (χ3n) is 5.37. The van der Waals surface area contributed by atoms with Crippen LogP contribution in [0.5, 0.6) is 17.2 Å². The van der Waals surface area contributed by atoms with Crippen molar-refractivity contribution < 1.29 is 28.9 Å². The molecule has 168 valence electrons. The molecule has 2 aromatic carbocycles. The van der Waals surface area contributed by atoms with Crippen LogP contribution < -0.4 is 14.2 Å². The van der Waals surface area contributed by atoms with E-state index in [1.165, 1.54) is 4.90 Å². The number of hydrogen-bond donors (Lipinski definition) is 1. The van der Waals surface area contributed by atoms with Crippen LogP contribution in [0.1, 0.15) is 44.4 Å². The fourth-order valence-corrected chi connectivity index (χ4v) is 4.07. The van der Waals surface area contributed by atoms with Crippen LogP contribution in [0.15, 0.2) is 48.0 Å². The van der Waals surface area contributed by atoms with Crippen LogP contribution in [0.25, 0.3) is 5.76 Å². The van der Waals surface area contributed by atoms with Crippen molar-refractivity contribution in [1.29, 1.82) is 0 Å². The van der Waals surface area contributed by atoms with Gasteiger partial charge in [-0.05, 0) is 56.2 Å². The molecule has 7 heteroatoms. The monoisotopic (exact) mass is 437 g/mol. The summed E-state index contributed by atoms with van der Waals surface area (Å²) in [6, 6.07) is 11.6. The van der Waals surface area contributed by atoms with Crippen molar-refractivity contribution in [2.45, 2.75) is 39.3 Å². The first-order valence-corrected chi connectivity index (χ1v) is 10.9. The molecular weight excluding hydrogens is 410 g/mol. The van der Waals surface area contributed by atoms with E-state index in [0.717, 1.165) is 0 Å². The van der Waals surface area contributed by atoms with E-state index in [9.17, 15) is 14.7 Å². The van der Waals surface area contributed by atoms with E-state index in [2.05, 4.69) is 0 Å². The minimum atomic E-state index is -0.709. The number of likely N-dealkylation sites (tertiary alicyclic amines) is 1. The number of ketones is 1. The molecule has 0 aliphatic carbocycles. The molecule has 0 spiro atoms. The second kappa shape index (κ2) is 8.94. The summed E-state index contributed by atoms with van der Waals surface area (Å²) < 4.78 is 17.0. The van der Waals surface area contributed by atoms with Gasteiger partial charge in [-0.3, -0.25) is 9.59 Å². The van der Waals surface area contributed by atoms with Crippen molar-refractivity contribution in [2.75, 3.05) is 19.8 Å². The van der Waals surface area contributed by atoms with Crippen LogP contribution in [0, 0.1) is 0 Å². The van der Waals surface area contributed by atoms with E-state index >= 15 is 0 Å². The Morgan fingerprint density at radius 1 is 1.12 bits per heavy atom. The first-order valence-electron chi connectivity index (χ1n) is 10.9. The Morgan fingerprint density at radius 2 is 1.88 bits per heavy atom. The molecular formula is C25H27NO6. The summed E-state index contributed by atoms with van der Waals surface area (Å²) in [5.74, 6) is 0.149. The maximum Gasteiger partial charge on any atom is 0.295 e. The molecule has 0 aromatic heterocycles. The van der Waals surface area contributed by atoms with Crippen LogP contribution >= 0.6 is 0 Å². The minimum absolute atomic E-state index is 0.0232. The zero-order valence-electron chi connectivity index (χ0n) is 18.5. The lowest BCUT2D eigenvalue weighted by Gasteiger charge is -2.25. The van der Waals surface area contributed by atoms with Gasteiger partial charge in [0.1, 0.15) is 24.7 Å². The maximum absolute atomic E-state index is 13.0. The van der Waals surface area contributed by atoms with Gasteiger partial charge < -0.3 is 24.2 Å². The number of fused-ring (bicyclic) bond motifs is 1. The van der Waals surface area contributed by atoms with Crippen LogP contribution in [-0.4, -0.2) is 47.6 Å². The molecule has 2 aliphatic rings. The van der Waals surface area contributed by atoms with Gasteiger partial charge in [0.05, 0.1) is 17.7 Å². The SMILES string of the molecule is CCCN1C(=O)C(=O)/C(=C(\O)c2ccc3c(c2)OCCO3)C1c1cccc(OC(C)C)c1. The number of hydrogen-bond acceptors (Lipinski definition) is 6. The lowest BCUT2D eigenvalue weighted by Crippen LogP contribution is -2.30. The highest BCUT2D eigenvalue weighted by Gasteiger charge is 2.45. The number of amides is 1. The highest BCUT2D eigenvalue weighted by molar-refractivity contribution is 6.46. The second-order valence-electron chi connectivity index (χ2n) is 8.09. The fraction of sp³-hybridized carbons (Fsp3) is 0.360. The third-order valence-corrected chi connectivity index (χ3v) is 5.37. The maximum atomic E-state index is 13.0. The number of aliphatic hydroxyl groups is 1. The molecule has 1 N–H and O–H groups in total. The highest BCUT2D eigenvalue weighted by Crippen LogP contribution is 2.41. The number of nitrogens with zero attached hydrogens (tertiary/aromatic N) is 1. The summed E-state index contributed by atoms with van der Waals surface area (Å²) in [5.41, 5.74) is 1.15. The summed E-state index contributed by atoms with van der Waals surface area (Å²) in [6.07, 6.45) is 0.653. The summed E-state index contributed by atoms with van der Waals surface area (Å²) >= 11 is 0. The zero-order valence-corrected chi connectivity index (χ0v) is 18.5. The first-order chi connectivity index (χ1) is 15.4. The van der Waals surface area contributed by atoms with Gasteiger partial charge in [0.15, 0.2) is 11.5 Å². The second-order valence-corrected chi connectivity index (χ2v) is 8.09. The topological polar surface area (TPSA) is 85.3 Å². The van der Waals surface area contributed by atoms with Crippen molar-refractivity contribution in [3.63, 3.8) is 0 Å². The summed E-state index contributed by atoms with van der Waals surface area (Å²) in [4.78, 5) is 27.4. The van der Waals surface area contributed by atoms with Gasteiger partial charge in [-0.2, -0.15) is 0 Å². The van der Waals surface area contributed by atoms with Gasteiger partial charge in [-0.25, -0.2) is 0 Å². The van der Waals surface area contributed by atoms with E-state index in [0.29, 0.717) is 54.6 Å². The average Bonchev–Trinajstić information content (AvgIpc) is 3.03. The van der Waals surface area contributed by atoms with E-state index in [4.69, 9.17) is 14.2 Å². The summed E-state index contributed by atoms with van der Waals surface area (Å²) in [7, 11) is 0. The zero-order chi connectivity index (χ0) is 22.8. The van der Waals surface area contributed by atoms with Crippen molar-refractivity contribution >= 4 is 17.4 Å². The first kappa shape index (κ1) is 21.7. The smallest absolute Gasteiger partial charge is 0.295 e. The van der Waals surface area contributed by atoms with Crippen LogP contribution in [0.3, 0.4) is 0 Å². The molecule has 2 aromatic rings. The van der Waals surface area contributed by atoms with Crippen LogP contribution in [-0.2, 0) is 9.59 Å². The Hall–Kier alpha value is -3.48. The van der Waals surface area contributed by atoms with Gasteiger partial charge in [-0.15, -0.1) is 0 Å². The Labute approximate surface area is 187 Å². The van der Waals surface area contributed by atoms with Gasteiger partial charge in [0.25, 0.3) is 11.7 Å². The molecule has 4 rings (SSSR count). The van der Waals surface area contributed by atoms with Crippen LogP contribution in [0.4, 0.5) is 0 Å². The molecule has 1 fully saturated rings. The molecule has 2 aliphatic heterocycles. The van der Waals surface area contributed by atoms with E-state index < -0.39 is 17.7 Å². The van der Waals surface area contributed by atoms with E-state index in [1.54, 1.807) is 18.2 Å². The molecule has 0 radical (unpaired) electrons. The molecule has 1 atom stereocenters. The molecule has 32 heavy (non-hydrogen) atoms. The molecule has 2 heterocycles. The number of rotatable bonds is 6. The van der Waals surface area contributed by atoms with E-state index in [1.807, 2.05) is 45.0 Å². The van der Waals surface area contributed by atoms with Crippen molar-refractivity contribution in [1.82, 2.24) is 4.90 Å². The summed E-state index contributed by atoms with van der Waals surface area (Å²) in [5, 5.41) is 11.2. The number of carbonyl (C=O) groups excluding carboxylic acids is 2. The average molecular weight is 437 g/mol. The van der Waals surface area contributed by atoms with Gasteiger partial charge in [0, 0.05) is 12.1 Å². The van der Waals surface area contributed by atoms with Gasteiger partial charge in [-0.1, -0.05) is 19.1 Å². The Balaban J connectivity index is 1.83. The Morgan fingerprint density at radius 3 is 2.59 bits per heavy atom. The lowest BCUT2D eigenvalue weighted by atomic mass is 9.95. The standard InChI is InChI=1S/C25H27NO6/c1-4-10-26-22(16-6-5-7-18(13-16)32-15(2)3)21(24(28)25(26)29)23(27)17-8-9-19-20(14-17)31-12-11-30-19/h5-9,13-15,22,27H,4,10-12H2,1-3H3/b23-21-. The molecule has 0 bridgehead atoms. The highest BCUT2D eigenvalue weighted by atomic mass is 16.6. The molecule has 0 saturated carbocycles. The Kier molecular flexibility index (Phi) is 6.08. The molecule has 1 unspecified atom stereocenters. The number of carbonyl (C=O) groups is 2. The normalized spacial score (nSPS) is 19.5. The Bertz CT molecular complexity index is 1070. The van der Waals surface area contributed by atoms with Crippen molar-refractivity contribution in [2.24, 2.45) is 0 Å². The number of benzene rings is 2. The predicted octanol–water partition coefficient (Wildman–Crippen LogP) is 4.08. The number of Topliss-reactive ketones (excluding diaryl/α,β-unsaturated/α-hetero) is 1. The largest absolute Gasteiger partial charge is 0.507 e. The number of ether oxygens (including phenoxy) is 3. The predicted molar refractivity (Wildman–Crippen MR) is 119 cm³/mol. The van der Waals surface area contributed by atoms with Gasteiger partial charge in [0.2, 0.25) is 0 Å². The number of aliphatic hydroxyl groups excluding tert-OH is 1. The lowest BCUT2D eigenvalue weighted by molar-refractivity contribution is -0.139. The van der Waals surface area contributed by atoms with E-state index in [-0.39, 0.29) is 17.4 Å².